The van der Waals surface area contributed by atoms with Gasteiger partial charge in [0.15, 0.2) is 18.2 Å². The Balaban J connectivity index is 0.00000153. The van der Waals surface area contributed by atoms with Crippen LogP contribution in [0.3, 0.4) is 0 Å². The molecule has 4 aromatic rings. The second kappa shape index (κ2) is 10.9. The maximum absolute atomic E-state index is 13.2. The fraction of sp³-hybridized carbons (Fsp3) is 0.179. The first-order valence-corrected chi connectivity index (χ1v) is 10.8. The van der Waals surface area contributed by atoms with E-state index in [9.17, 15) is 4.79 Å². The van der Waals surface area contributed by atoms with E-state index in [0.29, 0.717) is 0 Å². The number of pyridine rings is 2. The summed E-state index contributed by atoms with van der Waals surface area (Å²) in [4.78, 5) is 13.2. The summed E-state index contributed by atoms with van der Waals surface area (Å²) in [6, 6.07) is 21.1. The number of halogens is 2. The second-order valence-corrected chi connectivity index (χ2v) is 8.40. The van der Waals surface area contributed by atoms with Crippen molar-refractivity contribution in [2.45, 2.75) is 19.3 Å². The first-order chi connectivity index (χ1) is 15.1. The Bertz CT molecular complexity index is 1300. The Kier molecular flexibility index (Phi) is 8.39. The van der Waals surface area contributed by atoms with E-state index in [1.165, 1.54) is 21.8 Å². The fourth-order valence-electron chi connectivity index (χ4n) is 4.53. The highest BCUT2D eigenvalue weighted by Gasteiger charge is 2.21. The van der Waals surface area contributed by atoms with Gasteiger partial charge in [-0.25, -0.2) is 9.13 Å². The van der Waals surface area contributed by atoms with Gasteiger partial charge in [-0.05, 0) is 78.9 Å². The average molecular weight is 660 g/mol. The van der Waals surface area contributed by atoms with E-state index in [2.05, 4.69) is 108 Å². The van der Waals surface area contributed by atoms with E-state index >= 15 is 0 Å². The zero-order chi connectivity index (χ0) is 21.4. The third-order valence-corrected chi connectivity index (χ3v) is 6.19. The molecule has 0 radical (unpaired) electrons. The van der Waals surface area contributed by atoms with Crippen LogP contribution in [0.4, 0.5) is 0 Å². The van der Waals surface area contributed by atoms with Crippen LogP contribution in [0.15, 0.2) is 84.2 Å². The molecule has 0 saturated heterocycles. The maximum atomic E-state index is 13.2. The van der Waals surface area contributed by atoms with E-state index in [-0.39, 0.29) is 53.7 Å². The number of rotatable bonds is 2. The molecule has 1 fully saturated rings. The van der Waals surface area contributed by atoms with Crippen LogP contribution >= 0.6 is 0 Å². The molecule has 1 aliphatic rings. The summed E-state index contributed by atoms with van der Waals surface area (Å²) in [6.07, 6.45) is 10.9. The van der Waals surface area contributed by atoms with Crippen molar-refractivity contribution < 1.29 is 61.9 Å². The quantitative estimate of drug-likeness (QED) is 0.152. The van der Waals surface area contributed by atoms with Crippen molar-refractivity contribution in [3.05, 3.63) is 95.3 Å². The summed E-state index contributed by atoms with van der Waals surface area (Å²) < 4.78 is 4.23. The normalized spacial score (nSPS) is 16.1. The summed E-state index contributed by atoms with van der Waals surface area (Å²) in [5, 5.41) is 2.37. The summed E-state index contributed by atoms with van der Waals surface area (Å²) in [7, 11) is 4.10. The van der Waals surface area contributed by atoms with Gasteiger partial charge in [-0.3, -0.25) is 4.79 Å². The largest absolute Gasteiger partial charge is 1.00 e. The summed E-state index contributed by atoms with van der Waals surface area (Å²) >= 11 is 0. The number of fused-ring (bicyclic) bond motifs is 2. The molecule has 2 heterocycles. The van der Waals surface area contributed by atoms with Crippen LogP contribution in [-0.4, -0.2) is 5.78 Å². The standard InChI is InChI=1S/C28H26N2O.2HI/c1-29-14-4-8-22-16-20(10-12-26(22)29)18-24-6-3-7-25(28(24)31)19-21-11-13-27-23(17-21)9-5-15-30(27)2;;/h4-5,8-19H,3,6-7H2,1-2H3;2*1H/q+2;;/p-2/b24-18-,25-19-;;. The van der Waals surface area contributed by atoms with Gasteiger partial charge in [0.25, 0.3) is 0 Å². The molecule has 33 heavy (non-hydrogen) atoms. The number of Topliss-reactive ketones (excluding diaryl/α,β-unsaturated/α-hetero) is 1. The van der Waals surface area contributed by atoms with Crippen LogP contribution in [0.5, 0.6) is 0 Å². The second-order valence-electron chi connectivity index (χ2n) is 8.40. The lowest BCUT2D eigenvalue weighted by atomic mass is 9.86. The highest BCUT2D eigenvalue weighted by molar-refractivity contribution is 6.14. The van der Waals surface area contributed by atoms with Gasteiger partial charge >= 0.3 is 0 Å². The molecular formula is C28H26I2N2O. The van der Waals surface area contributed by atoms with Crippen molar-refractivity contribution in [2.24, 2.45) is 14.1 Å². The SMILES string of the molecule is C[n+]1cccc2cc(/C=C3/CCC/C(=C/c4ccc5c(ccc[n+]5C)c4)C3=O)ccc21.[I-].[I-]. The lowest BCUT2D eigenvalue weighted by molar-refractivity contribution is -0.645. The molecule has 1 saturated carbocycles. The van der Waals surface area contributed by atoms with Crippen molar-refractivity contribution in [1.82, 2.24) is 0 Å². The van der Waals surface area contributed by atoms with Crippen molar-refractivity contribution in [2.75, 3.05) is 0 Å². The molecule has 0 bridgehead atoms. The minimum absolute atomic E-state index is 0. The van der Waals surface area contributed by atoms with Gasteiger partial charge in [-0.2, -0.15) is 0 Å². The topological polar surface area (TPSA) is 24.8 Å². The van der Waals surface area contributed by atoms with Crippen LogP contribution in [0.1, 0.15) is 30.4 Å². The molecule has 2 aromatic carbocycles. The van der Waals surface area contributed by atoms with Crippen LogP contribution in [0, 0.1) is 0 Å². The van der Waals surface area contributed by atoms with Gasteiger partial charge < -0.3 is 48.0 Å². The predicted octanol–water partition coefficient (Wildman–Crippen LogP) is -1.13. The zero-order valence-electron chi connectivity index (χ0n) is 18.8. The number of ketones is 1. The number of carbonyl (C=O) groups excluding carboxylic acids is 1. The summed E-state index contributed by atoms with van der Waals surface area (Å²) in [6.45, 7) is 0. The lowest BCUT2D eigenvalue weighted by Gasteiger charge is -2.16. The molecule has 0 aliphatic heterocycles. The number of nitrogens with zero attached hydrogens (tertiary/aromatic N) is 2. The molecule has 2 aromatic heterocycles. The first-order valence-electron chi connectivity index (χ1n) is 10.8. The summed E-state index contributed by atoms with van der Waals surface area (Å²) in [5.41, 5.74) is 6.35. The number of allylic oxidation sites excluding steroid dienone is 2. The lowest BCUT2D eigenvalue weighted by Crippen LogP contribution is -3.00. The van der Waals surface area contributed by atoms with Gasteiger partial charge in [0.2, 0.25) is 11.0 Å². The Labute approximate surface area is 228 Å². The molecule has 5 heteroatoms. The van der Waals surface area contributed by atoms with E-state index in [4.69, 9.17) is 0 Å². The number of hydrogen-bond donors (Lipinski definition) is 0. The highest BCUT2D eigenvalue weighted by atomic mass is 127. The minimum Gasteiger partial charge on any atom is -1.00 e. The van der Waals surface area contributed by atoms with Crippen molar-refractivity contribution in [3.8, 4) is 0 Å². The predicted molar refractivity (Wildman–Crippen MR) is 125 cm³/mol. The Morgan fingerprint density at radius 2 is 1.15 bits per heavy atom. The molecule has 0 spiro atoms. The Morgan fingerprint density at radius 1 is 0.697 bits per heavy atom. The molecule has 0 unspecified atom stereocenters. The zero-order valence-corrected chi connectivity index (χ0v) is 23.1. The van der Waals surface area contributed by atoms with E-state index in [1.807, 2.05) is 0 Å². The number of carbonyl (C=O) groups is 1. The van der Waals surface area contributed by atoms with Crippen LogP contribution in [-0.2, 0) is 18.9 Å². The van der Waals surface area contributed by atoms with Crippen LogP contribution in [0.2, 0.25) is 0 Å². The third-order valence-electron chi connectivity index (χ3n) is 6.19. The van der Waals surface area contributed by atoms with Gasteiger partial charge in [-0.15, -0.1) is 0 Å². The Hall–Kier alpha value is -2.13. The molecule has 1 aliphatic carbocycles. The molecule has 0 N–H and O–H groups in total. The van der Waals surface area contributed by atoms with Gasteiger partial charge in [0.1, 0.15) is 14.1 Å². The monoisotopic (exact) mass is 660 g/mol. The third kappa shape index (κ3) is 5.35. The first kappa shape index (κ1) is 25.5. The summed E-state index contributed by atoms with van der Waals surface area (Å²) in [5.74, 6) is 0.184. The van der Waals surface area contributed by atoms with Crippen molar-refractivity contribution in [1.29, 1.82) is 0 Å². The van der Waals surface area contributed by atoms with Crippen LogP contribution < -0.4 is 57.1 Å². The average Bonchev–Trinajstić information content (AvgIpc) is 2.77. The van der Waals surface area contributed by atoms with Crippen molar-refractivity contribution >= 4 is 39.7 Å². The van der Waals surface area contributed by atoms with E-state index in [0.717, 1.165) is 41.5 Å². The van der Waals surface area contributed by atoms with E-state index < -0.39 is 0 Å². The van der Waals surface area contributed by atoms with Gasteiger partial charge in [-0.1, -0.05) is 0 Å². The van der Waals surface area contributed by atoms with Gasteiger partial charge in [0, 0.05) is 46.2 Å². The smallest absolute Gasteiger partial charge is 0.212 e. The number of aromatic nitrogens is 2. The number of hydrogen-bond acceptors (Lipinski definition) is 1. The van der Waals surface area contributed by atoms with E-state index in [1.54, 1.807) is 0 Å². The van der Waals surface area contributed by atoms with Crippen LogP contribution in [0.25, 0.3) is 34.0 Å². The number of benzene rings is 2. The van der Waals surface area contributed by atoms with Gasteiger partial charge in [0.05, 0.1) is 0 Å². The molecule has 3 nitrogen and oxygen atoms in total. The molecule has 0 atom stereocenters. The molecule has 5 rings (SSSR count). The minimum atomic E-state index is 0. The maximum Gasteiger partial charge on any atom is 0.212 e. The fourth-order valence-corrected chi connectivity index (χ4v) is 4.53. The molecular weight excluding hydrogens is 634 g/mol. The highest BCUT2D eigenvalue weighted by Crippen LogP contribution is 2.29. The molecule has 168 valence electrons. The Morgan fingerprint density at radius 3 is 1.61 bits per heavy atom. The molecule has 0 amide bonds. The number of aryl methyl sites for hydroxylation is 2. The van der Waals surface area contributed by atoms with Crippen molar-refractivity contribution in [3.63, 3.8) is 0 Å².